The fraction of sp³-hybridized carbons (Fsp3) is 0.188. The molecule has 0 bridgehead atoms. The van der Waals surface area contributed by atoms with Crippen LogP contribution in [0.1, 0.15) is 17.3 Å². The fourth-order valence-electron chi connectivity index (χ4n) is 1.98. The molecule has 0 unspecified atom stereocenters. The van der Waals surface area contributed by atoms with Crippen molar-refractivity contribution in [3.05, 3.63) is 64.4 Å². The summed E-state index contributed by atoms with van der Waals surface area (Å²) in [5.74, 6) is -0.245. The van der Waals surface area contributed by atoms with Gasteiger partial charge in [0.2, 0.25) is 0 Å². The molecule has 0 aromatic heterocycles. The maximum atomic E-state index is 12.9. The Morgan fingerprint density at radius 3 is 2.40 bits per heavy atom. The number of carbonyl (C=O) groups is 1. The lowest BCUT2D eigenvalue weighted by atomic mass is 10.1. The average Bonchev–Trinajstić information content (AvgIpc) is 2.46. The van der Waals surface area contributed by atoms with Gasteiger partial charge in [-0.2, -0.15) is 0 Å². The molecule has 0 heterocycles. The molecule has 0 atom stereocenters. The second-order valence-electron chi connectivity index (χ2n) is 4.39. The third-order valence-corrected chi connectivity index (χ3v) is 3.77. The van der Waals surface area contributed by atoms with Crippen LogP contribution in [-0.2, 0) is 0 Å². The molecule has 0 amide bonds. The van der Waals surface area contributed by atoms with Crippen molar-refractivity contribution in [2.45, 2.75) is 6.92 Å². The van der Waals surface area contributed by atoms with Crippen LogP contribution >= 0.6 is 15.9 Å². The standard InChI is InChI=1S/C16H15BrFNO/c1-2-19(13-9-7-12(18)8-10-13)11-16(20)14-5-3-4-6-15(14)17/h3-10H,2,11H2,1H3. The molecule has 0 saturated carbocycles. The zero-order valence-electron chi connectivity index (χ0n) is 11.1. The Morgan fingerprint density at radius 2 is 1.80 bits per heavy atom. The van der Waals surface area contributed by atoms with Crippen molar-refractivity contribution in [1.82, 2.24) is 0 Å². The molecule has 2 rings (SSSR count). The normalized spacial score (nSPS) is 10.3. The van der Waals surface area contributed by atoms with Crippen molar-refractivity contribution in [2.24, 2.45) is 0 Å². The Morgan fingerprint density at radius 1 is 1.15 bits per heavy atom. The van der Waals surface area contributed by atoms with Gasteiger partial charge in [0, 0.05) is 22.3 Å². The number of hydrogen-bond donors (Lipinski definition) is 0. The smallest absolute Gasteiger partial charge is 0.183 e. The van der Waals surface area contributed by atoms with E-state index in [2.05, 4.69) is 15.9 Å². The molecular formula is C16H15BrFNO. The van der Waals surface area contributed by atoms with Crippen LogP contribution in [0.25, 0.3) is 0 Å². The molecule has 2 nitrogen and oxygen atoms in total. The van der Waals surface area contributed by atoms with Crippen LogP contribution in [0.5, 0.6) is 0 Å². The van der Waals surface area contributed by atoms with Gasteiger partial charge in [-0.1, -0.05) is 34.1 Å². The molecule has 2 aromatic carbocycles. The number of benzene rings is 2. The molecule has 0 fully saturated rings. The van der Waals surface area contributed by atoms with Crippen molar-refractivity contribution < 1.29 is 9.18 Å². The zero-order valence-corrected chi connectivity index (χ0v) is 12.7. The number of anilines is 1. The summed E-state index contributed by atoms with van der Waals surface area (Å²) in [7, 11) is 0. The molecule has 104 valence electrons. The number of carbonyl (C=O) groups excluding carboxylic acids is 1. The minimum atomic E-state index is -0.276. The van der Waals surface area contributed by atoms with E-state index >= 15 is 0 Å². The van der Waals surface area contributed by atoms with Gasteiger partial charge in [-0.3, -0.25) is 4.79 Å². The van der Waals surface area contributed by atoms with Crippen LogP contribution in [-0.4, -0.2) is 18.9 Å². The Hall–Kier alpha value is -1.68. The van der Waals surface area contributed by atoms with Crippen LogP contribution < -0.4 is 4.90 Å². The van der Waals surface area contributed by atoms with Crippen LogP contribution in [0.2, 0.25) is 0 Å². The van der Waals surface area contributed by atoms with Crippen molar-refractivity contribution in [3.63, 3.8) is 0 Å². The predicted octanol–water partition coefficient (Wildman–Crippen LogP) is 4.30. The highest BCUT2D eigenvalue weighted by atomic mass is 79.9. The highest BCUT2D eigenvalue weighted by molar-refractivity contribution is 9.10. The summed E-state index contributed by atoms with van der Waals surface area (Å²) in [5.41, 5.74) is 1.50. The maximum Gasteiger partial charge on any atom is 0.183 e. The van der Waals surface area contributed by atoms with Crippen molar-refractivity contribution in [3.8, 4) is 0 Å². The summed E-state index contributed by atoms with van der Waals surface area (Å²) in [6.07, 6.45) is 0. The molecule has 4 heteroatoms. The lowest BCUT2D eigenvalue weighted by molar-refractivity contribution is 0.0998. The Balaban J connectivity index is 2.16. The maximum absolute atomic E-state index is 12.9. The largest absolute Gasteiger partial charge is 0.364 e. The number of nitrogens with zero attached hydrogens (tertiary/aromatic N) is 1. The van der Waals surface area contributed by atoms with E-state index in [1.807, 2.05) is 30.0 Å². The first-order chi connectivity index (χ1) is 9.61. The monoisotopic (exact) mass is 335 g/mol. The first-order valence-corrected chi connectivity index (χ1v) is 7.19. The van der Waals surface area contributed by atoms with Crippen molar-refractivity contribution in [2.75, 3.05) is 18.0 Å². The minimum absolute atomic E-state index is 0.0312. The van der Waals surface area contributed by atoms with Crippen LogP contribution in [0, 0.1) is 5.82 Å². The topological polar surface area (TPSA) is 20.3 Å². The van der Waals surface area contributed by atoms with Gasteiger partial charge >= 0.3 is 0 Å². The molecule has 0 radical (unpaired) electrons. The lowest BCUT2D eigenvalue weighted by Crippen LogP contribution is -2.29. The van der Waals surface area contributed by atoms with E-state index in [0.29, 0.717) is 12.1 Å². The van der Waals surface area contributed by atoms with Gasteiger partial charge in [0.1, 0.15) is 5.82 Å². The lowest BCUT2D eigenvalue weighted by Gasteiger charge is -2.22. The Bertz CT molecular complexity index is 598. The van der Waals surface area contributed by atoms with Crippen LogP contribution in [0.15, 0.2) is 53.0 Å². The second-order valence-corrected chi connectivity index (χ2v) is 5.25. The van der Waals surface area contributed by atoms with Crippen molar-refractivity contribution >= 4 is 27.4 Å². The van der Waals surface area contributed by atoms with Gasteiger partial charge in [-0.25, -0.2) is 4.39 Å². The molecule has 2 aromatic rings. The van der Waals surface area contributed by atoms with Crippen LogP contribution in [0.4, 0.5) is 10.1 Å². The second kappa shape index (κ2) is 6.66. The van der Waals surface area contributed by atoms with Gasteiger partial charge in [0.05, 0.1) is 6.54 Å². The van der Waals surface area contributed by atoms with Gasteiger partial charge in [0.25, 0.3) is 0 Å². The molecule has 0 aliphatic rings. The SMILES string of the molecule is CCN(CC(=O)c1ccccc1Br)c1ccc(F)cc1. The number of hydrogen-bond acceptors (Lipinski definition) is 2. The molecule has 0 spiro atoms. The van der Waals surface area contributed by atoms with Crippen molar-refractivity contribution in [1.29, 1.82) is 0 Å². The summed E-state index contributed by atoms with van der Waals surface area (Å²) in [5, 5.41) is 0. The molecule has 0 saturated heterocycles. The summed E-state index contributed by atoms with van der Waals surface area (Å²) >= 11 is 3.39. The number of likely N-dealkylation sites (N-methyl/N-ethyl adjacent to an activating group) is 1. The highest BCUT2D eigenvalue weighted by Gasteiger charge is 2.14. The van der Waals surface area contributed by atoms with E-state index in [-0.39, 0.29) is 18.1 Å². The predicted molar refractivity (Wildman–Crippen MR) is 82.8 cm³/mol. The molecule has 0 N–H and O–H groups in total. The third kappa shape index (κ3) is 3.45. The first-order valence-electron chi connectivity index (χ1n) is 6.40. The first kappa shape index (κ1) is 14.7. The van der Waals surface area contributed by atoms with Gasteiger partial charge in [0.15, 0.2) is 5.78 Å². The molecule has 0 aliphatic carbocycles. The molecule has 20 heavy (non-hydrogen) atoms. The van der Waals surface area contributed by atoms with E-state index in [9.17, 15) is 9.18 Å². The third-order valence-electron chi connectivity index (χ3n) is 3.08. The van der Waals surface area contributed by atoms with E-state index in [4.69, 9.17) is 0 Å². The van der Waals surface area contributed by atoms with E-state index in [0.717, 1.165) is 10.2 Å². The summed E-state index contributed by atoms with van der Waals surface area (Å²) in [6, 6.07) is 13.5. The molecular weight excluding hydrogens is 321 g/mol. The number of Topliss-reactive ketones (excluding diaryl/α,β-unsaturated/α-hetero) is 1. The summed E-state index contributed by atoms with van der Waals surface area (Å²) < 4.78 is 13.7. The fourth-order valence-corrected chi connectivity index (χ4v) is 2.49. The van der Waals surface area contributed by atoms with E-state index in [1.54, 1.807) is 18.2 Å². The Labute approximate surface area is 126 Å². The molecule has 0 aliphatic heterocycles. The number of ketones is 1. The number of rotatable bonds is 5. The zero-order chi connectivity index (χ0) is 14.5. The quantitative estimate of drug-likeness (QED) is 0.759. The van der Waals surface area contributed by atoms with Gasteiger partial charge < -0.3 is 4.90 Å². The average molecular weight is 336 g/mol. The summed E-state index contributed by atoms with van der Waals surface area (Å²) in [6.45, 7) is 2.92. The van der Waals surface area contributed by atoms with Gasteiger partial charge in [-0.05, 0) is 37.3 Å². The minimum Gasteiger partial charge on any atom is -0.364 e. The highest BCUT2D eigenvalue weighted by Crippen LogP contribution is 2.19. The van der Waals surface area contributed by atoms with Gasteiger partial charge in [-0.15, -0.1) is 0 Å². The van der Waals surface area contributed by atoms with Crippen LogP contribution in [0.3, 0.4) is 0 Å². The number of halogens is 2. The Kier molecular flexibility index (Phi) is 4.90. The summed E-state index contributed by atoms with van der Waals surface area (Å²) in [4.78, 5) is 14.2. The van der Waals surface area contributed by atoms with E-state index in [1.165, 1.54) is 12.1 Å². The van der Waals surface area contributed by atoms with E-state index < -0.39 is 0 Å².